The Morgan fingerprint density at radius 2 is 1.81 bits per heavy atom. The molecule has 3 aliphatic rings. The van der Waals surface area contributed by atoms with Gasteiger partial charge in [0.15, 0.2) is 0 Å². The minimum Gasteiger partial charge on any atom is -0.488 e. The van der Waals surface area contributed by atoms with E-state index in [9.17, 15) is 4.79 Å². The zero-order valence-electron chi connectivity index (χ0n) is 22.4. The van der Waals surface area contributed by atoms with Crippen LogP contribution in [0.1, 0.15) is 81.9 Å². The van der Waals surface area contributed by atoms with Gasteiger partial charge in [0.05, 0.1) is 0 Å². The molecule has 2 aromatic rings. The van der Waals surface area contributed by atoms with Crippen LogP contribution in [0.15, 0.2) is 72.5 Å². The lowest BCUT2D eigenvalue weighted by molar-refractivity contribution is -0.117. The van der Waals surface area contributed by atoms with E-state index in [4.69, 9.17) is 4.74 Å². The Labute approximate surface area is 217 Å². The minimum atomic E-state index is -0.195. The largest absolute Gasteiger partial charge is 0.488 e. The van der Waals surface area contributed by atoms with Crippen molar-refractivity contribution in [3.8, 4) is 5.75 Å². The lowest BCUT2D eigenvalue weighted by Crippen LogP contribution is -2.39. The Morgan fingerprint density at radius 3 is 2.44 bits per heavy atom. The zero-order valence-corrected chi connectivity index (χ0v) is 22.4. The van der Waals surface area contributed by atoms with Crippen molar-refractivity contribution in [2.24, 2.45) is 11.3 Å². The van der Waals surface area contributed by atoms with Crippen LogP contribution in [0.3, 0.4) is 0 Å². The van der Waals surface area contributed by atoms with E-state index in [0.29, 0.717) is 17.8 Å². The fraction of sp³-hybridized carbons (Fsp3) is 0.485. The standard InChI is InChI=1S/C33H41NO2/c1-32(2,3)36-28-15-17-30-26(22-28)12-16-29(24-8-6-5-7-9-24)31(30)25-10-13-27(14-11-25)34-20-18-33(4,23-35)19-21-34/h5-10,13-15,17,22-23,25,29,31H,11-12,16,18-21H2,1-4H3/t25?,29-,31+/m1/s1. The molecular weight excluding hydrogens is 442 g/mol. The summed E-state index contributed by atoms with van der Waals surface area (Å²) in [6.45, 7) is 10.4. The van der Waals surface area contributed by atoms with E-state index >= 15 is 0 Å². The summed E-state index contributed by atoms with van der Waals surface area (Å²) in [6.07, 6.45) is 13.6. The van der Waals surface area contributed by atoms with E-state index in [1.807, 2.05) is 0 Å². The molecule has 2 aromatic carbocycles. The number of rotatable bonds is 5. The highest BCUT2D eigenvalue weighted by molar-refractivity contribution is 5.59. The number of hydrogen-bond donors (Lipinski definition) is 0. The second kappa shape index (κ2) is 9.92. The number of aryl methyl sites for hydroxylation is 1. The molecule has 1 fully saturated rings. The zero-order chi connectivity index (χ0) is 25.3. The van der Waals surface area contributed by atoms with Gasteiger partial charge in [-0.3, -0.25) is 0 Å². The molecule has 0 amide bonds. The second-order valence-electron chi connectivity index (χ2n) is 12.3. The van der Waals surface area contributed by atoms with E-state index in [0.717, 1.165) is 57.2 Å². The summed E-state index contributed by atoms with van der Waals surface area (Å²) in [5.74, 6) is 2.42. The second-order valence-corrected chi connectivity index (χ2v) is 12.3. The van der Waals surface area contributed by atoms with Crippen molar-refractivity contribution >= 4 is 6.29 Å². The van der Waals surface area contributed by atoms with Crippen LogP contribution in [0.2, 0.25) is 0 Å². The number of allylic oxidation sites excluding steroid dienone is 3. The Hall–Kier alpha value is -2.81. The van der Waals surface area contributed by atoms with Crippen LogP contribution in [-0.2, 0) is 11.2 Å². The SMILES string of the molecule is CC1(C=O)CCN(C2=CCC([C@@H]3c4ccc(OC(C)(C)C)cc4CC[C@@H]3c3ccccc3)C=C2)CC1. The molecule has 1 heterocycles. The Kier molecular flexibility index (Phi) is 6.85. The number of nitrogens with zero attached hydrogens (tertiary/aromatic N) is 1. The van der Waals surface area contributed by atoms with E-state index in [-0.39, 0.29) is 11.0 Å². The fourth-order valence-electron chi connectivity index (χ4n) is 6.37. The predicted molar refractivity (Wildman–Crippen MR) is 147 cm³/mol. The molecule has 1 aliphatic heterocycles. The summed E-state index contributed by atoms with van der Waals surface area (Å²) in [5, 5.41) is 0. The lowest BCUT2D eigenvalue weighted by Gasteiger charge is -2.41. The number of aldehydes is 1. The highest BCUT2D eigenvalue weighted by Crippen LogP contribution is 2.49. The van der Waals surface area contributed by atoms with Crippen LogP contribution in [0.5, 0.6) is 5.75 Å². The van der Waals surface area contributed by atoms with Crippen molar-refractivity contribution < 1.29 is 9.53 Å². The number of carbonyl (C=O) groups is 1. The molecule has 1 saturated heterocycles. The van der Waals surface area contributed by atoms with Gasteiger partial charge in [-0.25, -0.2) is 0 Å². The maximum atomic E-state index is 11.5. The highest BCUT2D eigenvalue weighted by Gasteiger charge is 2.37. The molecule has 0 saturated carbocycles. The highest BCUT2D eigenvalue weighted by atomic mass is 16.5. The molecule has 36 heavy (non-hydrogen) atoms. The summed E-state index contributed by atoms with van der Waals surface area (Å²) >= 11 is 0. The van der Waals surface area contributed by atoms with E-state index < -0.39 is 0 Å². The molecule has 0 spiro atoms. The predicted octanol–water partition coefficient (Wildman–Crippen LogP) is 7.44. The average Bonchev–Trinajstić information content (AvgIpc) is 2.88. The minimum absolute atomic E-state index is 0.151. The summed E-state index contributed by atoms with van der Waals surface area (Å²) in [5.41, 5.74) is 5.38. The molecule has 190 valence electrons. The summed E-state index contributed by atoms with van der Waals surface area (Å²) in [6, 6.07) is 17.9. The number of fused-ring (bicyclic) bond motifs is 1. The number of piperidine rings is 1. The molecule has 5 rings (SSSR count). The maximum absolute atomic E-state index is 11.5. The van der Waals surface area contributed by atoms with Gasteiger partial charge in [-0.05, 0) is 106 Å². The van der Waals surface area contributed by atoms with Crippen LogP contribution in [0, 0.1) is 11.3 Å². The maximum Gasteiger partial charge on any atom is 0.125 e. The molecule has 3 heteroatoms. The monoisotopic (exact) mass is 483 g/mol. The Bertz CT molecular complexity index is 1130. The van der Waals surface area contributed by atoms with Crippen molar-refractivity contribution in [1.29, 1.82) is 0 Å². The van der Waals surface area contributed by atoms with Crippen molar-refractivity contribution in [2.75, 3.05) is 13.1 Å². The molecule has 0 aromatic heterocycles. The van der Waals surface area contributed by atoms with Crippen molar-refractivity contribution in [3.05, 3.63) is 89.1 Å². The molecule has 3 nitrogen and oxygen atoms in total. The van der Waals surface area contributed by atoms with E-state index in [1.54, 1.807) is 0 Å². The molecular formula is C33H41NO2. The van der Waals surface area contributed by atoms with Gasteiger partial charge < -0.3 is 14.4 Å². The van der Waals surface area contributed by atoms with Crippen LogP contribution < -0.4 is 4.74 Å². The van der Waals surface area contributed by atoms with Gasteiger partial charge in [0.1, 0.15) is 17.6 Å². The normalized spacial score (nSPS) is 25.6. The van der Waals surface area contributed by atoms with Crippen molar-refractivity contribution in [1.82, 2.24) is 4.90 Å². The van der Waals surface area contributed by atoms with Gasteiger partial charge in [-0.1, -0.05) is 55.5 Å². The van der Waals surface area contributed by atoms with Gasteiger partial charge in [-0.2, -0.15) is 0 Å². The van der Waals surface area contributed by atoms with Gasteiger partial charge in [0.25, 0.3) is 0 Å². The summed E-state index contributed by atoms with van der Waals surface area (Å²) in [4.78, 5) is 13.9. The molecule has 3 atom stereocenters. The summed E-state index contributed by atoms with van der Waals surface area (Å²) in [7, 11) is 0. The third kappa shape index (κ3) is 5.31. The van der Waals surface area contributed by atoms with Crippen molar-refractivity contribution in [2.45, 2.75) is 77.2 Å². The number of likely N-dealkylation sites (tertiary alicyclic amines) is 1. The van der Waals surface area contributed by atoms with Gasteiger partial charge in [-0.15, -0.1) is 0 Å². The molecule has 0 bridgehead atoms. The van der Waals surface area contributed by atoms with Crippen molar-refractivity contribution in [3.63, 3.8) is 0 Å². The first kappa shape index (κ1) is 24.9. The third-order valence-corrected chi connectivity index (χ3v) is 8.41. The quantitative estimate of drug-likeness (QED) is 0.414. The van der Waals surface area contributed by atoms with Gasteiger partial charge in [0, 0.05) is 24.2 Å². The number of ether oxygens (including phenoxy) is 1. The lowest BCUT2D eigenvalue weighted by atomic mass is 9.65. The van der Waals surface area contributed by atoms with Crippen LogP contribution in [0.4, 0.5) is 0 Å². The number of benzene rings is 2. The average molecular weight is 484 g/mol. The first-order valence-electron chi connectivity index (χ1n) is 13.7. The molecule has 0 radical (unpaired) electrons. The number of hydrogen-bond acceptors (Lipinski definition) is 3. The Balaban J connectivity index is 1.40. The molecule has 0 N–H and O–H groups in total. The fourth-order valence-corrected chi connectivity index (χ4v) is 6.37. The Morgan fingerprint density at radius 1 is 1.06 bits per heavy atom. The molecule has 2 aliphatic carbocycles. The van der Waals surface area contributed by atoms with E-state index in [2.05, 4.69) is 99.4 Å². The molecule has 1 unspecified atom stereocenters. The summed E-state index contributed by atoms with van der Waals surface area (Å²) < 4.78 is 6.21. The first-order valence-corrected chi connectivity index (χ1v) is 13.7. The van der Waals surface area contributed by atoms with Crippen LogP contribution >= 0.6 is 0 Å². The smallest absolute Gasteiger partial charge is 0.125 e. The first-order chi connectivity index (χ1) is 17.2. The van der Waals surface area contributed by atoms with Gasteiger partial charge in [0.2, 0.25) is 0 Å². The van der Waals surface area contributed by atoms with Gasteiger partial charge >= 0.3 is 0 Å². The van der Waals surface area contributed by atoms with Crippen LogP contribution in [0.25, 0.3) is 0 Å². The topological polar surface area (TPSA) is 29.5 Å². The van der Waals surface area contributed by atoms with E-state index in [1.165, 1.54) is 22.4 Å². The van der Waals surface area contributed by atoms with Crippen LogP contribution in [-0.4, -0.2) is 29.9 Å². The number of carbonyl (C=O) groups excluding carboxylic acids is 1. The third-order valence-electron chi connectivity index (χ3n) is 8.41.